The maximum Gasteiger partial charge on any atom is 0.00989 e. The number of hydrogen-bond acceptors (Lipinski definition) is 2. The average molecular weight is 224 g/mol. The number of piperidine rings is 1. The van der Waals surface area contributed by atoms with E-state index < -0.39 is 0 Å². The molecule has 3 unspecified atom stereocenters. The summed E-state index contributed by atoms with van der Waals surface area (Å²) in [6.07, 6.45) is 9.85. The lowest BCUT2D eigenvalue weighted by Crippen LogP contribution is -2.46. The zero-order chi connectivity index (χ0) is 11.5. The maximum atomic E-state index is 3.57. The Morgan fingerprint density at radius 1 is 1.25 bits per heavy atom. The molecule has 2 bridgehead atoms. The number of unbranched alkanes of at least 4 members (excludes halogenated alkanes) is 1. The highest BCUT2D eigenvalue weighted by Crippen LogP contribution is 2.39. The normalized spacial score (nSPS) is 36.6. The van der Waals surface area contributed by atoms with Crippen molar-refractivity contribution in [2.75, 3.05) is 14.1 Å². The molecular weight excluding hydrogens is 196 g/mol. The molecule has 1 N–H and O–H groups in total. The quantitative estimate of drug-likeness (QED) is 0.772. The molecule has 0 aromatic carbocycles. The van der Waals surface area contributed by atoms with Crippen LogP contribution in [-0.4, -0.2) is 37.1 Å². The van der Waals surface area contributed by atoms with E-state index in [9.17, 15) is 0 Å². The lowest BCUT2D eigenvalue weighted by atomic mass is 9.83. The fourth-order valence-electron chi connectivity index (χ4n) is 3.82. The van der Waals surface area contributed by atoms with Gasteiger partial charge in [-0.2, -0.15) is 0 Å². The Balaban J connectivity index is 1.90. The summed E-state index contributed by atoms with van der Waals surface area (Å²) >= 11 is 0. The van der Waals surface area contributed by atoms with Gasteiger partial charge in [-0.3, -0.25) is 0 Å². The third-order valence-corrected chi connectivity index (χ3v) is 4.94. The van der Waals surface area contributed by atoms with Gasteiger partial charge in [-0.1, -0.05) is 19.8 Å². The Bertz CT molecular complexity index is 203. The van der Waals surface area contributed by atoms with Crippen molar-refractivity contribution < 1.29 is 0 Å². The first-order valence-electron chi connectivity index (χ1n) is 7.15. The topological polar surface area (TPSA) is 15.3 Å². The first kappa shape index (κ1) is 12.4. The molecule has 0 aromatic rings. The van der Waals surface area contributed by atoms with E-state index in [1.165, 1.54) is 44.9 Å². The van der Waals surface area contributed by atoms with Crippen LogP contribution in [0.2, 0.25) is 0 Å². The van der Waals surface area contributed by atoms with Crippen molar-refractivity contribution in [2.45, 2.75) is 70.0 Å². The van der Waals surface area contributed by atoms with Crippen LogP contribution in [0.4, 0.5) is 0 Å². The molecule has 2 aliphatic heterocycles. The third kappa shape index (κ3) is 2.43. The molecule has 94 valence electrons. The summed E-state index contributed by atoms with van der Waals surface area (Å²) in [6.45, 7) is 2.30. The molecule has 0 radical (unpaired) electrons. The Labute approximate surface area is 101 Å². The van der Waals surface area contributed by atoms with Gasteiger partial charge in [-0.25, -0.2) is 0 Å². The van der Waals surface area contributed by atoms with Crippen molar-refractivity contribution in [3.63, 3.8) is 0 Å². The Kier molecular flexibility index (Phi) is 4.26. The minimum atomic E-state index is 0.775. The van der Waals surface area contributed by atoms with Crippen LogP contribution in [0.3, 0.4) is 0 Å². The van der Waals surface area contributed by atoms with Crippen molar-refractivity contribution in [3.8, 4) is 0 Å². The van der Waals surface area contributed by atoms with Crippen LogP contribution in [0.25, 0.3) is 0 Å². The van der Waals surface area contributed by atoms with Gasteiger partial charge in [0.25, 0.3) is 0 Å². The fraction of sp³-hybridized carbons (Fsp3) is 1.00. The van der Waals surface area contributed by atoms with Crippen LogP contribution in [0.1, 0.15) is 51.9 Å². The SMILES string of the molecule is CCCCC(NC)C1CC2CCC(C1)N2C. The van der Waals surface area contributed by atoms with Gasteiger partial charge in [0.2, 0.25) is 0 Å². The smallest absolute Gasteiger partial charge is 0.00989 e. The highest BCUT2D eigenvalue weighted by Gasteiger charge is 2.40. The summed E-state index contributed by atoms with van der Waals surface area (Å²) in [4.78, 5) is 2.64. The van der Waals surface area contributed by atoms with E-state index in [4.69, 9.17) is 0 Å². The van der Waals surface area contributed by atoms with E-state index in [2.05, 4.69) is 31.2 Å². The monoisotopic (exact) mass is 224 g/mol. The predicted molar refractivity (Wildman–Crippen MR) is 69.7 cm³/mol. The molecule has 0 aliphatic carbocycles. The van der Waals surface area contributed by atoms with Gasteiger partial charge in [-0.05, 0) is 52.1 Å². The van der Waals surface area contributed by atoms with Gasteiger partial charge in [0.15, 0.2) is 0 Å². The minimum Gasteiger partial charge on any atom is -0.317 e. The van der Waals surface area contributed by atoms with Gasteiger partial charge in [0, 0.05) is 18.1 Å². The lowest BCUT2D eigenvalue weighted by molar-refractivity contribution is 0.111. The van der Waals surface area contributed by atoms with Gasteiger partial charge in [0.1, 0.15) is 0 Å². The fourth-order valence-corrected chi connectivity index (χ4v) is 3.82. The summed E-state index contributed by atoms with van der Waals surface area (Å²) < 4.78 is 0. The standard InChI is InChI=1S/C14H28N2/c1-4-5-6-14(15-2)11-9-12-7-8-13(10-11)16(12)3/h11-15H,4-10H2,1-3H3. The zero-order valence-corrected chi connectivity index (χ0v) is 11.2. The van der Waals surface area contributed by atoms with Crippen LogP contribution >= 0.6 is 0 Å². The summed E-state index contributed by atoms with van der Waals surface area (Å²) in [6, 6.07) is 2.55. The Morgan fingerprint density at radius 2 is 1.88 bits per heavy atom. The summed E-state index contributed by atoms with van der Waals surface area (Å²) in [5.41, 5.74) is 0. The Hall–Kier alpha value is -0.0800. The van der Waals surface area contributed by atoms with Gasteiger partial charge in [-0.15, -0.1) is 0 Å². The number of nitrogens with one attached hydrogen (secondary N) is 1. The average Bonchev–Trinajstić information content (AvgIpc) is 2.54. The van der Waals surface area contributed by atoms with Crippen molar-refractivity contribution in [3.05, 3.63) is 0 Å². The van der Waals surface area contributed by atoms with Crippen molar-refractivity contribution in [2.24, 2.45) is 5.92 Å². The molecule has 2 heteroatoms. The van der Waals surface area contributed by atoms with E-state index in [1.54, 1.807) is 0 Å². The van der Waals surface area contributed by atoms with E-state index in [1.807, 2.05) is 0 Å². The largest absolute Gasteiger partial charge is 0.317 e. The molecule has 2 aliphatic rings. The molecule has 16 heavy (non-hydrogen) atoms. The second-order valence-electron chi connectivity index (χ2n) is 5.82. The van der Waals surface area contributed by atoms with E-state index in [-0.39, 0.29) is 0 Å². The lowest BCUT2D eigenvalue weighted by Gasteiger charge is -2.39. The highest BCUT2D eigenvalue weighted by atomic mass is 15.2. The van der Waals surface area contributed by atoms with Crippen LogP contribution in [-0.2, 0) is 0 Å². The molecule has 3 atom stereocenters. The number of nitrogens with zero attached hydrogens (tertiary/aromatic N) is 1. The Morgan fingerprint density at radius 3 is 2.38 bits per heavy atom. The van der Waals surface area contributed by atoms with Crippen LogP contribution in [0.5, 0.6) is 0 Å². The molecule has 0 spiro atoms. The minimum absolute atomic E-state index is 0.775. The summed E-state index contributed by atoms with van der Waals surface area (Å²) in [7, 11) is 4.49. The van der Waals surface area contributed by atoms with Gasteiger partial charge < -0.3 is 10.2 Å². The third-order valence-electron chi connectivity index (χ3n) is 4.94. The summed E-state index contributed by atoms with van der Waals surface area (Å²) in [5.74, 6) is 0.935. The van der Waals surface area contributed by atoms with E-state index in [0.29, 0.717) is 0 Å². The molecular formula is C14H28N2. The molecule has 0 aromatic heterocycles. The summed E-state index contributed by atoms with van der Waals surface area (Å²) in [5, 5.41) is 3.57. The number of rotatable bonds is 5. The van der Waals surface area contributed by atoms with E-state index in [0.717, 1.165) is 24.0 Å². The van der Waals surface area contributed by atoms with Gasteiger partial charge in [0.05, 0.1) is 0 Å². The van der Waals surface area contributed by atoms with E-state index >= 15 is 0 Å². The molecule has 0 amide bonds. The molecule has 2 heterocycles. The second-order valence-corrected chi connectivity index (χ2v) is 5.82. The van der Waals surface area contributed by atoms with Crippen molar-refractivity contribution in [1.82, 2.24) is 10.2 Å². The molecule has 0 saturated carbocycles. The zero-order valence-electron chi connectivity index (χ0n) is 11.2. The van der Waals surface area contributed by atoms with Gasteiger partial charge >= 0.3 is 0 Å². The predicted octanol–water partition coefficient (Wildman–Crippen LogP) is 2.64. The molecule has 2 saturated heterocycles. The molecule has 2 fully saturated rings. The van der Waals surface area contributed by atoms with Crippen LogP contribution in [0, 0.1) is 5.92 Å². The second kappa shape index (κ2) is 5.50. The van der Waals surface area contributed by atoms with Crippen molar-refractivity contribution >= 4 is 0 Å². The maximum absolute atomic E-state index is 3.57. The number of fused-ring (bicyclic) bond motifs is 2. The van der Waals surface area contributed by atoms with Crippen LogP contribution < -0.4 is 5.32 Å². The van der Waals surface area contributed by atoms with Crippen LogP contribution in [0.15, 0.2) is 0 Å². The number of hydrogen-bond donors (Lipinski definition) is 1. The van der Waals surface area contributed by atoms with Crippen molar-refractivity contribution in [1.29, 1.82) is 0 Å². The molecule has 2 rings (SSSR count). The first-order valence-corrected chi connectivity index (χ1v) is 7.15. The highest BCUT2D eigenvalue weighted by molar-refractivity contribution is 4.96. The molecule has 2 nitrogen and oxygen atoms in total. The first-order chi connectivity index (χ1) is 7.76.